The van der Waals surface area contributed by atoms with E-state index in [2.05, 4.69) is 15.0 Å². The molecule has 4 aromatic rings. The van der Waals surface area contributed by atoms with Crippen molar-refractivity contribution >= 4 is 33.2 Å². The molecule has 248 valence electrons. The number of anilines is 2. The molecule has 4 fully saturated rings. The van der Waals surface area contributed by atoms with Crippen molar-refractivity contribution in [3.8, 4) is 23.0 Å². The Bertz CT molecular complexity index is 2130. The molecule has 9 nitrogen and oxygen atoms in total. The van der Waals surface area contributed by atoms with Gasteiger partial charge in [0, 0.05) is 53.6 Å². The van der Waals surface area contributed by atoms with Gasteiger partial charge in [-0.1, -0.05) is 0 Å². The van der Waals surface area contributed by atoms with Crippen LogP contribution in [0.4, 0.5) is 37.8 Å². The highest BCUT2D eigenvalue weighted by Crippen LogP contribution is 2.46. The van der Waals surface area contributed by atoms with Gasteiger partial charge in [-0.2, -0.15) is 14.4 Å². The molecule has 0 radical (unpaired) electrons. The van der Waals surface area contributed by atoms with E-state index in [-0.39, 0.29) is 56.0 Å². The van der Waals surface area contributed by atoms with Crippen molar-refractivity contribution in [2.45, 2.75) is 43.2 Å². The zero-order valence-electron chi connectivity index (χ0n) is 29.5. The molecule has 1 saturated carbocycles. The van der Waals surface area contributed by atoms with Crippen LogP contribution in [0, 0.1) is 29.2 Å². The number of hydrogen-bond acceptors (Lipinski definition) is 9. The van der Waals surface area contributed by atoms with Crippen LogP contribution in [-0.4, -0.2) is 90.2 Å². The van der Waals surface area contributed by atoms with Crippen LogP contribution in [0.5, 0.6) is 11.8 Å². The number of methoxy groups -OCH3 is 1. The minimum Gasteiger partial charge on any atom is -0.493 e. The summed E-state index contributed by atoms with van der Waals surface area (Å²) in [6, 6.07) is 0.496. The zero-order valence-corrected chi connectivity index (χ0v) is 24.5. The summed E-state index contributed by atoms with van der Waals surface area (Å²) in [7, 11) is -3.36. The lowest BCUT2D eigenvalue weighted by Gasteiger charge is -2.31. The lowest BCUT2D eigenvalue weighted by Crippen LogP contribution is -2.43. The normalized spacial score (nSPS) is 29.4. The number of alkyl halides is 2. The first kappa shape index (κ1) is 25.0. The minimum absolute atomic E-state index is 0.00216. The number of benzene rings is 2. The van der Waals surface area contributed by atoms with Gasteiger partial charge in [0.2, 0.25) is 5.82 Å². The first-order chi connectivity index (χ1) is 24.5. The monoisotopic (exact) mass is 665 g/mol. The molecule has 0 unspecified atom stereocenters. The van der Waals surface area contributed by atoms with Crippen LogP contribution in [0.2, 0.25) is 0 Å². The Morgan fingerprint density at radius 3 is 2.79 bits per heavy atom. The third kappa shape index (κ3) is 4.64. The molecule has 2 N–H and O–H groups in total. The number of hydrogen-bond donors (Lipinski definition) is 1. The molecular weight excluding hydrogens is 630 g/mol. The third-order valence-electron chi connectivity index (χ3n) is 9.60. The second-order valence-corrected chi connectivity index (χ2v) is 12.3. The molecule has 0 amide bonds. The Labute approximate surface area is 271 Å². The molecule has 2 aromatic heterocycles. The van der Waals surface area contributed by atoms with E-state index in [1.54, 1.807) is 4.90 Å². The van der Waals surface area contributed by atoms with Gasteiger partial charge in [0.15, 0.2) is 23.2 Å². The van der Waals surface area contributed by atoms with Crippen LogP contribution >= 0.6 is 0 Å². The van der Waals surface area contributed by atoms with E-state index in [4.69, 9.17) is 26.8 Å². The summed E-state index contributed by atoms with van der Waals surface area (Å²) < 4.78 is 148. The summed E-state index contributed by atoms with van der Waals surface area (Å²) >= 11 is 0. The zero-order chi connectivity index (χ0) is 37.1. The molecule has 3 saturated heterocycles. The summed E-state index contributed by atoms with van der Waals surface area (Å²) in [5, 5.41) is -1.53. The first-order valence-corrected chi connectivity index (χ1v) is 15.0. The molecule has 15 heteroatoms. The maximum absolute atomic E-state index is 17.0. The van der Waals surface area contributed by atoms with E-state index >= 15 is 17.6 Å². The van der Waals surface area contributed by atoms with Gasteiger partial charge in [-0.05, 0) is 31.5 Å². The predicted octanol–water partition coefficient (Wildman–Crippen LogP) is 5.12. The van der Waals surface area contributed by atoms with E-state index in [0.717, 1.165) is 18.3 Å². The molecule has 5 atom stereocenters. The highest BCUT2D eigenvalue weighted by Gasteiger charge is 2.56. The Morgan fingerprint density at radius 1 is 1.11 bits per heavy atom. The average Bonchev–Trinajstić information content (AvgIpc) is 3.43. The van der Waals surface area contributed by atoms with Gasteiger partial charge in [-0.3, -0.25) is 9.88 Å². The number of nitrogen functional groups attached to an aromatic ring is 1. The van der Waals surface area contributed by atoms with Gasteiger partial charge in [0.25, 0.3) is 0 Å². The van der Waals surface area contributed by atoms with Gasteiger partial charge >= 0.3 is 6.01 Å². The van der Waals surface area contributed by atoms with Crippen LogP contribution in [0.25, 0.3) is 32.9 Å². The molecule has 4 aliphatic rings. The van der Waals surface area contributed by atoms with Crippen molar-refractivity contribution in [3.63, 3.8) is 0 Å². The highest BCUT2D eigenvalue weighted by molar-refractivity contribution is 6.04. The number of nitrogens with zero attached hydrogens (tertiary/aromatic N) is 5. The smallest absolute Gasteiger partial charge is 0.319 e. The summed E-state index contributed by atoms with van der Waals surface area (Å²) in [4.78, 5) is 16.0. The maximum Gasteiger partial charge on any atom is 0.319 e. The number of pyridine rings is 1. The fourth-order valence-electron chi connectivity index (χ4n) is 7.35. The minimum atomic E-state index is -3.36. The Kier molecular flexibility index (Phi) is 5.83. The van der Waals surface area contributed by atoms with E-state index in [1.807, 2.05) is 0 Å². The van der Waals surface area contributed by atoms with Crippen molar-refractivity contribution in [2.24, 2.45) is 5.92 Å². The van der Waals surface area contributed by atoms with Gasteiger partial charge in [0.05, 0.1) is 44.1 Å². The average molecular weight is 666 g/mol. The molecule has 0 bridgehead atoms. The lowest BCUT2D eigenvalue weighted by atomic mass is 9.95. The van der Waals surface area contributed by atoms with Crippen LogP contribution < -0.4 is 20.1 Å². The van der Waals surface area contributed by atoms with Crippen molar-refractivity contribution in [2.75, 3.05) is 57.1 Å². The van der Waals surface area contributed by atoms with E-state index < -0.39 is 106 Å². The van der Waals surface area contributed by atoms with Crippen LogP contribution in [-0.2, 0) is 4.74 Å². The van der Waals surface area contributed by atoms with Crippen LogP contribution in [0.1, 0.15) is 26.1 Å². The molecule has 1 aliphatic carbocycles. The number of fused-ring (bicyclic) bond motifs is 4. The van der Waals surface area contributed by atoms with Gasteiger partial charge in [-0.25, -0.2) is 22.0 Å². The number of ether oxygens (including phenoxy) is 3. The summed E-state index contributed by atoms with van der Waals surface area (Å²) in [6.45, 7) is -1.82. The van der Waals surface area contributed by atoms with Gasteiger partial charge in [-0.15, -0.1) is 0 Å². The molecule has 0 spiro atoms. The summed E-state index contributed by atoms with van der Waals surface area (Å²) in [5.74, 6) is -8.97. The second kappa shape index (κ2) is 11.0. The Balaban J connectivity index is 1.34. The van der Waals surface area contributed by atoms with Crippen LogP contribution in [0.3, 0.4) is 0 Å². The quantitative estimate of drug-likeness (QED) is 0.171. The lowest BCUT2D eigenvalue weighted by molar-refractivity contribution is 0.107. The van der Waals surface area contributed by atoms with Crippen molar-refractivity contribution in [1.29, 1.82) is 0 Å². The molecule has 2 aromatic carbocycles. The molecule has 3 aliphatic heterocycles. The predicted molar refractivity (Wildman–Crippen MR) is 160 cm³/mol. The molecule has 47 heavy (non-hydrogen) atoms. The topological polar surface area (TPSA) is 98.9 Å². The Hall–Kier alpha value is -4.11. The molecular formula is C32H30F6N6O3. The maximum atomic E-state index is 17.0. The van der Waals surface area contributed by atoms with E-state index in [9.17, 15) is 8.78 Å². The van der Waals surface area contributed by atoms with Crippen molar-refractivity contribution in [1.82, 2.24) is 19.9 Å². The number of rotatable bonds is 6. The second-order valence-electron chi connectivity index (χ2n) is 12.3. The first-order valence-electron chi connectivity index (χ1n) is 17.5. The number of nitrogens with two attached hydrogens (primary N) is 1. The van der Waals surface area contributed by atoms with Crippen molar-refractivity contribution in [3.05, 3.63) is 41.6 Å². The van der Waals surface area contributed by atoms with E-state index in [0.29, 0.717) is 13.0 Å². The van der Waals surface area contributed by atoms with Gasteiger partial charge < -0.3 is 24.8 Å². The largest absolute Gasteiger partial charge is 0.493 e. The molecule has 5 heterocycles. The molecule has 8 rings (SSSR count). The Morgan fingerprint density at radius 2 is 1.96 bits per heavy atom. The summed E-state index contributed by atoms with van der Waals surface area (Å²) in [5.41, 5.74) is 2.59. The highest BCUT2D eigenvalue weighted by atomic mass is 19.2. The SMILES string of the molecule is [2H]C([2H])([2H])Oc1c(F)c(F)c(F)c2cc(N)cc(-c3ncc4c(N5CCOC[C@H]6[C@H](F)[C@H]65)nc(OC([2H])([2H])[C@@]56CCCN5C[C@H](F)C6)nc4c3F)c12. The number of halogens is 6. The van der Waals surface area contributed by atoms with Crippen LogP contribution in [0.15, 0.2) is 18.3 Å². The number of aromatic nitrogens is 3. The fourth-order valence-corrected chi connectivity index (χ4v) is 7.35. The summed E-state index contributed by atoms with van der Waals surface area (Å²) in [6.07, 6.45) is -0.892. The van der Waals surface area contributed by atoms with Gasteiger partial charge in [0.1, 0.15) is 35.9 Å². The standard InChI is InChI=1S/C32H30F6N6O3/c1-45-29-20-16(21(34)23(36)24(29)37)7-15(39)8-17(20)26-25(38)27-18(10-40-26)30(44-5-6-46-12-19-22(35)28(19)44)42-31(41-27)47-13-32-3-2-4-43(32)11-14(33)9-32/h7-8,10,14,19,22,28H,2-6,9,11-13,39H2,1H3/t14-,19+,22+,28+,32+/m1/s1/i1D3,13D2. The van der Waals surface area contributed by atoms with E-state index in [1.165, 1.54) is 4.90 Å². The van der Waals surface area contributed by atoms with Crippen molar-refractivity contribution < 1.29 is 47.4 Å². The third-order valence-corrected chi connectivity index (χ3v) is 9.60. The fraction of sp³-hybridized carbons (Fsp3) is 0.469.